The summed E-state index contributed by atoms with van der Waals surface area (Å²) in [6.07, 6.45) is 2.77. The molecule has 3 amide bonds. The van der Waals surface area contributed by atoms with Crippen LogP contribution in [-0.4, -0.2) is 62.5 Å². The third-order valence-corrected chi connectivity index (χ3v) is 6.31. The lowest BCUT2D eigenvalue weighted by Gasteiger charge is -2.45. The zero-order valence-corrected chi connectivity index (χ0v) is 20.0. The van der Waals surface area contributed by atoms with Crippen molar-refractivity contribution in [2.45, 2.75) is 38.8 Å². The Morgan fingerprint density at radius 2 is 1.85 bits per heavy atom. The van der Waals surface area contributed by atoms with E-state index in [9.17, 15) is 14.4 Å². The van der Waals surface area contributed by atoms with Gasteiger partial charge in [-0.1, -0.05) is 12.1 Å². The average molecular weight is 465 g/mol. The maximum atomic E-state index is 13.4. The summed E-state index contributed by atoms with van der Waals surface area (Å²) in [7, 11) is 3.39. The molecule has 0 bridgehead atoms. The average Bonchev–Trinajstić information content (AvgIpc) is 2.85. The molecule has 4 rings (SSSR count). The molecule has 2 aliphatic rings. The van der Waals surface area contributed by atoms with Crippen molar-refractivity contribution in [1.82, 2.24) is 10.2 Å². The van der Waals surface area contributed by atoms with Gasteiger partial charge in [-0.3, -0.25) is 19.3 Å². The van der Waals surface area contributed by atoms with Gasteiger partial charge in [-0.05, 0) is 62.1 Å². The zero-order chi connectivity index (χ0) is 24.2. The van der Waals surface area contributed by atoms with Crippen LogP contribution in [0.25, 0.3) is 0 Å². The van der Waals surface area contributed by atoms with E-state index in [4.69, 9.17) is 4.74 Å². The quantitative estimate of drug-likeness (QED) is 0.682. The summed E-state index contributed by atoms with van der Waals surface area (Å²) in [5.41, 5.74) is 2.96. The Morgan fingerprint density at radius 3 is 2.56 bits per heavy atom. The minimum absolute atomic E-state index is 0.0853. The second-order valence-corrected chi connectivity index (χ2v) is 8.89. The Morgan fingerprint density at radius 1 is 1.09 bits per heavy atom. The van der Waals surface area contributed by atoms with Gasteiger partial charge in [0.25, 0.3) is 5.91 Å². The van der Waals surface area contributed by atoms with Crippen LogP contribution < -0.4 is 19.9 Å². The molecule has 2 aromatic rings. The molecule has 2 heterocycles. The molecular weight excluding hydrogens is 432 g/mol. The highest BCUT2D eigenvalue weighted by Crippen LogP contribution is 2.40. The normalized spacial score (nSPS) is 17.0. The third-order valence-electron chi connectivity index (χ3n) is 6.31. The van der Waals surface area contributed by atoms with Gasteiger partial charge in [0.15, 0.2) is 0 Å². The van der Waals surface area contributed by atoms with Crippen molar-refractivity contribution in [3.63, 3.8) is 0 Å². The molecule has 8 heteroatoms. The molecule has 0 saturated carbocycles. The lowest BCUT2D eigenvalue weighted by molar-refractivity contribution is -0.125. The number of nitrogens with zero attached hydrogens (tertiary/aromatic N) is 3. The van der Waals surface area contributed by atoms with Crippen LogP contribution in [0.4, 0.5) is 11.4 Å². The van der Waals surface area contributed by atoms with Crippen LogP contribution in [0.5, 0.6) is 5.75 Å². The van der Waals surface area contributed by atoms with Gasteiger partial charge in [-0.25, -0.2) is 0 Å². The third kappa shape index (κ3) is 4.85. The first-order valence-corrected chi connectivity index (χ1v) is 11.8. The zero-order valence-electron chi connectivity index (χ0n) is 20.0. The summed E-state index contributed by atoms with van der Waals surface area (Å²) in [6, 6.07) is 12.7. The van der Waals surface area contributed by atoms with E-state index in [-0.39, 0.29) is 30.3 Å². The summed E-state index contributed by atoms with van der Waals surface area (Å²) in [6.45, 7) is 3.59. The molecule has 0 aliphatic carbocycles. The number of fused-ring (bicyclic) bond motifs is 3. The molecule has 2 aromatic carbocycles. The van der Waals surface area contributed by atoms with Crippen molar-refractivity contribution in [3.8, 4) is 5.75 Å². The van der Waals surface area contributed by atoms with Crippen LogP contribution in [0, 0.1) is 0 Å². The smallest absolute Gasteiger partial charge is 0.253 e. The minimum Gasteiger partial charge on any atom is -0.494 e. The topological polar surface area (TPSA) is 82.2 Å². The van der Waals surface area contributed by atoms with E-state index in [0.29, 0.717) is 24.4 Å². The molecule has 1 N–H and O–H groups in total. The SMILES string of the molecule is CCOc1ccc(CNC(=O)CN2C(=O)[C@@H]3CCCCN3c3ccc(C(=O)N(C)C)cc32)cc1. The summed E-state index contributed by atoms with van der Waals surface area (Å²) in [4.78, 5) is 44.1. The Balaban J connectivity index is 1.53. The summed E-state index contributed by atoms with van der Waals surface area (Å²) >= 11 is 0. The molecule has 0 unspecified atom stereocenters. The van der Waals surface area contributed by atoms with Crippen molar-refractivity contribution in [3.05, 3.63) is 53.6 Å². The molecule has 1 atom stereocenters. The Labute approximate surface area is 200 Å². The highest BCUT2D eigenvalue weighted by atomic mass is 16.5. The van der Waals surface area contributed by atoms with Gasteiger partial charge in [0.1, 0.15) is 18.3 Å². The van der Waals surface area contributed by atoms with Crippen molar-refractivity contribution < 1.29 is 19.1 Å². The largest absolute Gasteiger partial charge is 0.494 e. The van der Waals surface area contributed by atoms with Crippen molar-refractivity contribution in [2.75, 3.05) is 43.6 Å². The molecule has 34 heavy (non-hydrogen) atoms. The first-order chi connectivity index (χ1) is 16.4. The molecule has 8 nitrogen and oxygen atoms in total. The van der Waals surface area contributed by atoms with Crippen LogP contribution in [-0.2, 0) is 16.1 Å². The number of hydrogen-bond acceptors (Lipinski definition) is 5. The van der Waals surface area contributed by atoms with Crippen molar-refractivity contribution in [1.29, 1.82) is 0 Å². The number of ether oxygens (including phenoxy) is 1. The fourth-order valence-electron chi connectivity index (χ4n) is 4.58. The first kappa shape index (κ1) is 23.6. The van der Waals surface area contributed by atoms with E-state index in [0.717, 1.165) is 42.8 Å². The van der Waals surface area contributed by atoms with Crippen molar-refractivity contribution >= 4 is 29.1 Å². The predicted molar refractivity (Wildman–Crippen MR) is 131 cm³/mol. The molecule has 1 fully saturated rings. The number of piperidine rings is 1. The number of benzene rings is 2. The van der Waals surface area contributed by atoms with Crippen LogP contribution in [0.3, 0.4) is 0 Å². The fraction of sp³-hybridized carbons (Fsp3) is 0.423. The van der Waals surface area contributed by atoms with Gasteiger partial charge in [0.05, 0.1) is 18.0 Å². The van der Waals surface area contributed by atoms with Crippen LogP contribution in [0.1, 0.15) is 42.1 Å². The summed E-state index contributed by atoms with van der Waals surface area (Å²) in [5, 5.41) is 2.91. The number of anilines is 2. The second kappa shape index (κ2) is 10.2. The molecule has 0 aromatic heterocycles. The fourth-order valence-corrected chi connectivity index (χ4v) is 4.58. The maximum Gasteiger partial charge on any atom is 0.253 e. The molecule has 1 saturated heterocycles. The van der Waals surface area contributed by atoms with Gasteiger partial charge in [0, 0.05) is 32.7 Å². The number of hydrogen-bond donors (Lipinski definition) is 1. The summed E-state index contributed by atoms with van der Waals surface area (Å²) < 4.78 is 5.45. The Bertz CT molecular complexity index is 1070. The van der Waals surface area contributed by atoms with E-state index < -0.39 is 0 Å². The van der Waals surface area contributed by atoms with E-state index in [1.165, 1.54) is 4.90 Å². The molecule has 2 aliphatic heterocycles. The van der Waals surface area contributed by atoms with Gasteiger partial charge in [-0.15, -0.1) is 0 Å². The van der Waals surface area contributed by atoms with Gasteiger partial charge in [0.2, 0.25) is 11.8 Å². The molecular formula is C26H32N4O4. The lowest BCUT2D eigenvalue weighted by Crippen LogP contribution is -2.57. The van der Waals surface area contributed by atoms with Crippen LogP contribution >= 0.6 is 0 Å². The number of nitrogens with one attached hydrogen (secondary N) is 1. The molecule has 180 valence electrons. The Hall–Kier alpha value is -3.55. The van der Waals surface area contributed by atoms with E-state index in [1.54, 1.807) is 31.1 Å². The highest BCUT2D eigenvalue weighted by Gasteiger charge is 2.40. The lowest BCUT2D eigenvalue weighted by atomic mass is 9.95. The number of amides is 3. The van der Waals surface area contributed by atoms with E-state index >= 15 is 0 Å². The van der Waals surface area contributed by atoms with Gasteiger partial charge >= 0.3 is 0 Å². The van der Waals surface area contributed by atoms with Crippen LogP contribution in [0.15, 0.2) is 42.5 Å². The first-order valence-electron chi connectivity index (χ1n) is 11.8. The molecule has 0 radical (unpaired) electrons. The highest BCUT2D eigenvalue weighted by molar-refractivity contribution is 6.09. The number of rotatable bonds is 7. The van der Waals surface area contributed by atoms with Gasteiger partial charge in [-0.2, -0.15) is 0 Å². The number of carbonyl (C=O) groups is 3. The second-order valence-electron chi connectivity index (χ2n) is 8.89. The minimum atomic E-state index is -0.268. The van der Waals surface area contributed by atoms with E-state index in [1.807, 2.05) is 37.3 Å². The number of carbonyl (C=O) groups excluding carboxylic acids is 3. The monoisotopic (exact) mass is 464 g/mol. The van der Waals surface area contributed by atoms with E-state index in [2.05, 4.69) is 10.2 Å². The standard InChI is InChI=1S/C26H32N4O4/c1-4-34-20-11-8-18(9-12-20)16-27-24(31)17-30-23-15-19(25(32)28(2)3)10-13-21(23)29-14-6-5-7-22(29)26(30)33/h8-13,15,22H,4-7,14,16-17H2,1-3H3,(H,27,31)/t22-/m0/s1. The van der Waals surface area contributed by atoms with Gasteiger partial charge < -0.3 is 19.9 Å². The van der Waals surface area contributed by atoms with Crippen LogP contribution in [0.2, 0.25) is 0 Å². The van der Waals surface area contributed by atoms with Crippen molar-refractivity contribution in [2.24, 2.45) is 0 Å². The summed E-state index contributed by atoms with van der Waals surface area (Å²) in [5.74, 6) is 0.309. The maximum absolute atomic E-state index is 13.4. The Kier molecular flexibility index (Phi) is 7.05. The predicted octanol–water partition coefficient (Wildman–Crippen LogP) is 2.81. The molecule has 0 spiro atoms.